The first-order valence-electron chi connectivity index (χ1n) is 13.9. The van der Waals surface area contributed by atoms with Crippen LogP contribution in [0.2, 0.25) is 0 Å². The summed E-state index contributed by atoms with van der Waals surface area (Å²) in [4.78, 5) is 0. The average Bonchev–Trinajstić information content (AvgIpc) is 3.05. The van der Waals surface area contributed by atoms with E-state index in [1.54, 1.807) is 0 Å². The van der Waals surface area contributed by atoms with Crippen molar-refractivity contribution < 1.29 is 9.31 Å². The number of benzene rings is 7. The van der Waals surface area contributed by atoms with Gasteiger partial charge >= 0.3 is 7.12 Å². The van der Waals surface area contributed by atoms with Crippen molar-refractivity contribution in [2.24, 2.45) is 0 Å². The monoisotopic (exact) mass is 526 g/mol. The third kappa shape index (κ3) is 5.43. The van der Waals surface area contributed by atoms with Crippen molar-refractivity contribution >= 4 is 34.1 Å². The van der Waals surface area contributed by atoms with Gasteiger partial charge in [0.15, 0.2) is 0 Å². The van der Waals surface area contributed by atoms with E-state index in [-0.39, 0.29) is 0 Å². The standard InChI is InChI=1S/C38H27BO2/c1-4-10-28(11-5-1)30-16-18-34-26-37(22-20-32(34)24-30)40-39(36-14-8-3-9-15-36)41-38-23-21-33-25-31(17-19-35(33)27-38)29-12-6-2-7-13-29/h1-27H. The molecule has 0 heterocycles. The highest BCUT2D eigenvalue weighted by Crippen LogP contribution is 2.29. The van der Waals surface area contributed by atoms with Crippen molar-refractivity contribution in [2.45, 2.75) is 0 Å². The maximum Gasteiger partial charge on any atom is 0.632 e. The van der Waals surface area contributed by atoms with E-state index in [2.05, 4.69) is 109 Å². The Labute approximate surface area is 240 Å². The van der Waals surface area contributed by atoms with Crippen molar-refractivity contribution in [2.75, 3.05) is 0 Å². The molecule has 7 aromatic carbocycles. The molecule has 0 aliphatic heterocycles. The quantitative estimate of drug-likeness (QED) is 0.193. The van der Waals surface area contributed by atoms with Gasteiger partial charge < -0.3 is 9.31 Å². The molecule has 0 saturated heterocycles. The first-order valence-corrected chi connectivity index (χ1v) is 13.9. The van der Waals surface area contributed by atoms with Crippen LogP contribution in [0.15, 0.2) is 164 Å². The molecule has 0 aliphatic rings. The van der Waals surface area contributed by atoms with E-state index in [1.165, 1.54) is 33.0 Å². The second-order valence-electron chi connectivity index (χ2n) is 10.2. The van der Waals surface area contributed by atoms with Gasteiger partial charge in [0, 0.05) is 5.46 Å². The van der Waals surface area contributed by atoms with Gasteiger partial charge in [0.1, 0.15) is 11.5 Å². The van der Waals surface area contributed by atoms with E-state index in [0.29, 0.717) is 0 Å². The summed E-state index contributed by atoms with van der Waals surface area (Å²) < 4.78 is 13.0. The van der Waals surface area contributed by atoms with Crippen LogP contribution in [0.3, 0.4) is 0 Å². The summed E-state index contributed by atoms with van der Waals surface area (Å²) in [5.74, 6) is 1.51. The van der Waals surface area contributed by atoms with Crippen LogP contribution in [0.4, 0.5) is 0 Å². The summed E-state index contributed by atoms with van der Waals surface area (Å²) >= 11 is 0. The van der Waals surface area contributed by atoms with Crippen LogP contribution >= 0.6 is 0 Å². The smallest absolute Gasteiger partial charge is 0.522 e. The molecule has 2 nitrogen and oxygen atoms in total. The predicted octanol–water partition coefficient (Wildman–Crippen LogP) is 9.18. The fourth-order valence-corrected chi connectivity index (χ4v) is 5.23. The lowest BCUT2D eigenvalue weighted by Gasteiger charge is -2.18. The number of hydrogen-bond donors (Lipinski definition) is 0. The van der Waals surface area contributed by atoms with Gasteiger partial charge in [-0.1, -0.05) is 127 Å². The molecule has 7 rings (SSSR count). The van der Waals surface area contributed by atoms with Gasteiger partial charge in [-0.2, -0.15) is 0 Å². The van der Waals surface area contributed by atoms with Crippen LogP contribution in [0.1, 0.15) is 0 Å². The summed E-state index contributed by atoms with van der Waals surface area (Å²) in [6.07, 6.45) is 0. The molecule has 0 radical (unpaired) electrons. The molecule has 0 N–H and O–H groups in total. The molecule has 0 spiro atoms. The molecule has 0 unspecified atom stereocenters. The van der Waals surface area contributed by atoms with E-state index in [1.807, 2.05) is 54.6 Å². The highest BCUT2D eigenvalue weighted by Gasteiger charge is 2.26. The molecule has 41 heavy (non-hydrogen) atoms. The molecule has 0 aromatic heterocycles. The third-order valence-corrected chi connectivity index (χ3v) is 7.40. The molecule has 7 aromatic rings. The maximum atomic E-state index is 6.49. The molecule has 0 fully saturated rings. The molecule has 0 aliphatic carbocycles. The number of hydrogen-bond acceptors (Lipinski definition) is 2. The van der Waals surface area contributed by atoms with E-state index in [9.17, 15) is 0 Å². The van der Waals surface area contributed by atoms with Crippen LogP contribution in [0, 0.1) is 0 Å². The topological polar surface area (TPSA) is 18.5 Å². The Morgan fingerprint density at radius 3 is 1.17 bits per heavy atom. The third-order valence-electron chi connectivity index (χ3n) is 7.40. The van der Waals surface area contributed by atoms with Crippen LogP contribution in [-0.2, 0) is 0 Å². The normalized spacial score (nSPS) is 10.9. The SMILES string of the molecule is c1ccc(B(Oc2ccc3cc(-c4ccccc4)ccc3c2)Oc2ccc3cc(-c4ccccc4)ccc3c2)cc1. The zero-order valence-corrected chi connectivity index (χ0v) is 22.5. The minimum Gasteiger partial charge on any atom is -0.522 e. The summed E-state index contributed by atoms with van der Waals surface area (Å²) in [6, 6.07) is 56.4. The molecule has 0 saturated carbocycles. The van der Waals surface area contributed by atoms with Crippen LogP contribution < -0.4 is 14.8 Å². The van der Waals surface area contributed by atoms with Crippen molar-refractivity contribution in [1.29, 1.82) is 0 Å². The zero-order chi connectivity index (χ0) is 27.4. The lowest BCUT2D eigenvalue weighted by atomic mass is 9.78. The highest BCUT2D eigenvalue weighted by molar-refractivity contribution is 6.62. The Bertz CT molecular complexity index is 1810. The van der Waals surface area contributed by atoms with Gasteiger partial charge in [-0.3, -0.25) is 0 Å². The first kappa shape index (κ1) is 24.7. The molecule has 0 amide bonds. The summed E-state index contributed by atoms with van der Waals surface area (Å²) in [7, 11) is -0.599. The van der Waals surface area contributed by atoms with Crippen molar-refractivity contribution in [1.82, 2.24) is 0 Å². The Morgan fingerprint density at radius 2 is 0.707 bits per heavy atom. The Balaban J connectivity index is 1.16. The van der Waals surface area contributed by atoms with Crippen LogP contribution in [0.5, 0.6) is 11.5 Å². The highest BCUT2D eigenvalue weighted by atomic mass is 16.6. The van der Waals surface area contributed by atoms with E-state index < -0.39 is 7.12 Å². The minimum atomic E-state index is -0.599. The first-order chi connectivity index (χ1) is 20.3. The van der Waals surface area contributed by atoms with Gasteiger partial charge in [0.2, 0.25) is 0 Å². The molecular weight excluding hydrogens is 499 g/mol. The minimum absolute atomic E-state index is 0.599. The Hall–Kier alpha value is -5.28. The number of fused-ring (bicyclic) bond motifs is 2. The van der Waals surface area contributed by atoms with Gasteiger partial charge in [-0.05, 0) is 80.2 Å². The Morgan fingerprint density at radius 1 is 0.317 bits per heavy atom. The van der Waals surface area contributed by atoms with Crippen LogP contribution in [-0.4, -0.2) is 7.12 Å². The molecular formula is C38H27BO2. The van der Waals surface area contributed by atoms with Gasteiger partial charge in [-0.15, -0.1) is 0 Å². The van der Waals surface area contributed by atoms with Gasteiger partial charge in [-0.25, -0.2) is 0 Å². The van der Waals surface area contributed by atoms with E-state index in [0.717, 1.165) is 27.7 Å². The summed E-state index contributed by atoms with van der Waals surface area (Å²) in [5, 5.41) is 4.57. The summed E-state index contributed by atoms with van der Waals surface area (Å²) in [6.45, 7) is 0. The zero-order valence-electron chi connectivity index (χ0n) is 22.5. The largest absolute Gasteiger partial charge is 0.632 e. The van der Waals surface area contributed by atoms with Gasteiger partial charge in [0.05, 0.1) is 0 Å². The Kier molecular flexibility index (Phi) is 6.68. The maximum absolute atomic E-state index is 6.49. The number of rotatable bonds is 7. The lowest BCUT2D eigenvalue weighted by molar-refractivity contribution is 0.440. The summed E-state index contributed by atoms with van der Waals surface area (Å²) in [5.41, 5.74) is 5.76. The lowest BCUT2D eigenvalue weighted by Crippen LogP contribution is -2.42. The second kappa shape index (κ2) is 11.1. The van der Waals surface area contributed by atoms with Crippen molar-refractivity contribution in [3.8, 4) is 33.8 Å². The van der Waals surface area contributed by atoms with E-state index >= 15 is 0 Å². The molecule has 0 bridgehead atoms. The average molecular weight is 526 g/mol. The predicted molar refractivity (Wildman–Crippen MR) is 172 cm³/mol. The molecule has 194 valence electrons. The molecule has 3 heteroatoms. The second-order valence-corrected chi connectivity index (χ2v) is 10.2. The van der Waals surface area contributed by atoms with E-state index in [4.69, 9.17) is 9.31 Å². The van der Waals surface area contributed by atoms with Gasteiger partial charge in [0.25, 0.3) is 0 Å². The van der Waals surface area contributed by atoms with Crippen molar-refractivity contribution in [3.05, 3.63) is 164 Å². The fraction of sp³-hybridized carbons (Fsp3) is 0. The fourth-order valence-electron chi connectivity index (χ4n) is 5.23. The molecule has 0 atom stereocenters. The van der Waals surface area contributed by atoms with Crippen molar-refractivity contribution in [3.63, 3.8) is 0 Å². The van der Waals surface area contributed by atoms with Crippen LogP contribution in [0.25, 0.3) is 43.8 Å².